The first kappa shape index (κ1) is 22.0. The summed E-state index contributed by atoms with van der Waals surface area (Å²) in [5.74, 6) is -1.54. The molecule has 0 aliphatic rings. The number of amides is 1. The van der Waals surface area contributed by atoms with E-state index < -0.39 is 17.7 Å². The topological polar surface area (TPSA) is 84.9 Å². The number of nitrogens with one attached hydrogen (secondary N) is 1. The van der Waals surface area contributed by atoms with Crippen LogP contribution in [0.5, 0.6) is 5.75 Å². The minimum Gasteiger partial charge on any atom is -0.482 e. The monoisotopic (exact) mass is 423 g/mol. The van der Waals surface area contributed by atoms with Crippen LogP contribution in [0.4, 0.5) is 10.1 Å². The van der Waals surface area contributed by atoms with Gasteiger partial charge < -0.3 is 19.9 Å². The zero-order chi connectivity index (χ0) is 22.2. The normalized spacial score (nSPS) is 10.4. The second-order valence-corrected chi connectivity index (χ2v) is 6.78. The van der Waals surface area contributed by atoms with Gasteiger partial charge in [0.2, 0.25) is 0 Å². The van der Waals surface area contributed by atoms with Crippen molar-refractivity contribution >= 4 is 17.6 Å². The highest BCUT2D eigenvalue weighted by Gasteiger charge is 2.14. The number of carbonyl (C=O) groups excluding carboxylic acids is 2. The zero-order valence-corrected chi connectivity index (χ0v) is 16.9. The molecule has 0 radical (unpaired) electrons. The molecular weight excluding hydrogens is 401 g/mol. The number of carbonyl (C=O) groups is 2. The highest BCUT2D eigenvalue weighted by molar-refractivity contribution is 6.05. The summed E-state index contributed by atoms with van der Waals surface area (Å²) in [5.41, 5.74) is 2.97. The van der Waals surface area contributed by atoms with E-state index in [1.807, 2.05) is 31.2 Å². The van der Waals surface area contributed by atoms with E-state index >= 15 is 0 Å². The number of aryl methyl sites for hydroxylation is 1. The van der Waals surface area contributed by atoms with Crippen molar-refractivity contribution in [3.8, 4) is 16.9 Å². The summed E-state index contributed by atoms with van der Waals surface area (Å²) in [6.45, 7) is 1.24. The Bertz CT molecular complexity index is 1080. The molecule has 31 heavy (non-hydrogen) atoms. The molecule has 0 atom stereocenters. The maximum atomic E-state index is 14.4. The Morgan fingerprint density at radius 2 is 1.77 bits per heavy atom. The van der Waals surface area contributed by atoms with Crippen molar-refractivity contribution in [2.75, 3.05) is 25.1 Å². The number of esters is 1. The first-order valence-electron chi connectivity index (χ1n) is 9.63. The molecule has 0 fully saturated rings. The van der Waals surface area contributed by atoms with E-state index in [0.717, 1.165) is 16.7 Å². The Kier molecular flexibility index (Phi) is 7.35. The SMILES string of the molecule is Cc1cccc(-c2ccc(F)c(C(=O)Nc3cccc(OCC(=O)OCCO)c3)c2)c1. The van der Waals surface area contributed by atoms with Gasteiger partial charge in [-0.05, 0) is 42.3 Å². The van der Waals surface area contributed by atoms with Crippen molar-refractivity contribution in [1.82, 2.24) is 0 Å². The van der Waals surface area contributed by atoms with Crippen LogP contribution in [0.25, 0.3) is 11.1 Å². The van der Waals surface area contributed by atoms with Gasteiger partial charge in [0.05, 0.1) is 12.2 Å². The van der Waals surface area contributed by atoms with Crippen LogP contribution in [0.2, 0.25) is 0 Å². The highest BCUT2D eigenvalue weighted by Crippen LogP contribution is 2.24. The molecular formula is C24H22FNO5. The van der Waals surface area contributed by atoms with Gasteiger partial charge >= 0.3 is 5.97 Å². The van der Waals surface area contributed by atoms with E-state index in [2.05, 4.69) is 5.32 Å². The third-order valence-corrected chi connectivity index (χ3v) is 4.37. The Labute approximate surface area is 179 Å². The molecule has 3 rings (SSSR count). The average Bonchev–Trinajstić information content (AvgIpc) is 2.76. The van der Waals surface area contributed by atoms with Gasteiger partial charge in [-0.25, -0.2) is 9.18 Å². The molecule has 0 unspecified atom stereocenters. The first-order valence-corrected chi connectivity index (χ1v) is 9.63. The maximum absolute atomic E-state index is 14.4. The van der Waals surface area contributed by atoms with E-state index in [9.17, 15) is 14.0 Å². The Hall–Kier alpha value is -3.71. The molecule has 3 aromatic carbocycles. The van der Waals surface area contributed by atoms with E-state index in [0.29, 0.717) is 11.4 Å². The second kappa shape index (κ2) is 10.4. The van der Waals surface area contributed by atoms with Gasteiger partial charge in [-0.15, -0.1) is 0 Å². The van der Waals surface area contributed by atoms with Crippen LogP contribution in [-0.2, 0) is 9.53 Å². The Balaban J connectivity index is 1.71. The van der Waals surface area contributed by atoms with Crippen LogP contribution < -0.4 is 10.1 Å². The lowest BCUT2D eigenvalue weighted by atomic mass is 10.0. The van der Waals surface area contributed by atoms with Gasteiger partial charge in [-0.3, -0.25) is 4.79 Å². The lowest BCUT2D eigenvalue weighted by Gasteiger charge is -2.11. The van der Waals surface area contributed by atoms with Crippen molar-refractivity contribution in [2.24, 2.45) is 0 Å². The number of hydrogen-bond donors (Lipinski definition) is 2. The molecule has 0 heterocycles. The summed E-state index contributed by atoms with van der Waals surface area (Å²) in [4.78, 5) is 24.2. The van der Waals surface area contributed by atoms with Crippen molar-refractivity contribution in [3.63, 3.8) is 0 Å². The van der Waals surface area contributed by atoms with Gasteiger partial charge in [0.1, 0.15) is 18.2 Å². The third kappa shape index (κ3) is 6.13. The minimum absolute atomic E-state index is 0.0853. The summed E-state index contributed by atoms with van der Waals surface area (Å²) in [7, 11) is 0. The van der Waals surface area contributed by atoms with Gasteiger partial charge in [-0.2, -0.15) is 0 Å². The summed E-state index contributed by atoms with van der Waals surface area (Å²) < 4.78 is 24.4. The minimum atomic E-state index is -0.632. The molecule has 0 saturated heterocycles. The number of aliphatic hydroxyl groups excluding tert-OH is 1. The molecule has 0 aliphatic heterocycles. The lowest BCUT2D eigenvalue weighted by Crippen LogP contribution is -2.17. The fourth-order valence-corrected chi connectivity index (χ4v) is 2.91. The van der Waals surface area contributed by atoms with Gasteiger partial charge in [0.25, 0.3) is 5.91 Å². The summed E-state index contributed by atoms with van der Waals surface area (Å²) >= 11 is 0. The molecule has 0 saturated carbocycles. The maximum Gasteiger partial charge on any atom is 0.344 e. The molecule has 0 aliphatic carbocycles. The number of hydrogen-bond acceptors (Lipinski definition) is 5. The highest BCUT2D eigenvalue weighted by atomic mass is 19.1. The fourth-order valence-electron chi connectivity index (χ4n) is 2.91. The predicted octanol–water partition coefficient (Wildman–Crippen LogP) is 3.97. The van der Waals surface area contributed by atoms with Crippen LogP contribution in [0, 0.1) is 12.7 Å². The first-order chi connectivity index (χ1) is 15.0. The molecule has 1 amide bonds. The van der Waals surface area contributed by atoms with Gasteiger partial charge in [-0.1, -0.05) is 42.0 Å². The van der Waals surface area contributed by atoms with Crippen LogP contribution >= 0.6 is 0 Å². The quantitative estimate of drug-likeness (QED) is 0.536. The van der Waals surface area contributed by atoms with E-state index in [4.69, 9.17) is 14.6 Å². The van der Waals surface area contributed by atoms with Crippen LogP contribution in [0.15, 0.2) is 66.7 Å². The zero-order valence-electron chi connectivity index (χ0n) is 16.9. The van der Waals surface area contributed by atoms with Crippen molar-refractivity contribution in [3.05, 3.63) is 83.7 Å². The predicted molar refractivity (Wildman–Crippen MR) is 115 cm³/mol. The van der Waals surface area contributed by atoms with Crippen LogP contribution in [0.3, 0.4) is 0 Å². The third-order valence-electron chi connectivity index (χ3n) is 4.37. The molecule has 0 bridgehead atoms. The summed E-state index contributed by atoms with van der Waals surface area (Å²) in [6.07, 6.45) is 0. The number of rotatable bonds is 8. The van der Waals surface area contributed by atoms with Crippen LogP contribution in [0.1, 0.15) is 15.9 Å². The van der Waals surface area contributed by atoms with Crippen molar-refractivity contribution in [1.29, 1.82) is 0 Å². The number of ether oxygens (including phenoxy) is 2. The average molecular weight is 423 g/mol. The number of anilines is 1. The number of benzene rings is 3. The van der Waals surface area contributed by atoms with Crippen molar-refractivity contribution < 1.29 is 28.6 Å². The Morgan fingerprint density at radius 3 is 2.55 bits per heavy atom. The molecule has 6 nitrogen and oxygen atoms in total. The number of aliphatic hydroxyl groups is 1. The molecule has 0 spiro atoms. The van der Waals surface area contributed by atoms with E-state index in [1.165, 1.54) is 18.2 Å². The molecule has 2 N–H and O–H groups in total. The largest absolute Gasteiger partial charge is 0.482 e. The summed E-state index contributed by atoms with van der Waals surface area (Å²) in [6, 6.07) is 18.5. The standard InChI is InChI=1S/C24H22FNO5/c1-16-4-2-5-17(12-16)18-8-9-22(25)21(13-18)24(29)26-19-6-3-7-20(14-19)31-15-23(28)30-11-10-27/h2-9,12-14,27H,10-11,15H2,1H3,(H,26,29). The fraction of sp³-hybridized carbons (Fsp3) is 0.167. The lowest BCUT2D eigenvalue weighted by molar-refractivity contribution is -0.146. The van der Waals surface area contributed by atoms with E-state index in [1.54, 1.807) is 24.3 Å². The smallest absolute Gasteiger partial charge is 0.344 e. The summed E-state index contributed by atoms with van der Waals surface area (Å²) in [5, 5.41) is 11.3. The van der Waals surface area contributed by atoms with Crippen molar-refractivity contribution in [2.45, 2.75) is 6.92 Å². The molecule has 7 heteroatoms. The van der Waals surface area contributed by atoms with Crippen LogP contribution in [-0.4, -0.2) is 36.8 Å². The Morgan fingerprint density at radius 1 is 1.00 bits per heavy atom. The molecule has 0 aromatic heterocycles. The van der Waals surface area contributed by atoms with Gasteiger partial charge in [0.15, 0.2) is 6.61 Å². The van der Waals surface area contributed by atoms with Gasteiger partial charge in [0, 0.05) is 11.8 Å². The molecule has 3 aromatic rings. The van der Waals surface area contributed by atoms with E-state index in [-0.39, 0.29) is 25.4 Å². The second-order valence-electron chi connectivity index (χ2n) is 6.78. The number of halogens is 1. The molecule has 160 valence electrons.